The Kier molecular flexibility index (Phi) is 8.19. The van der Waals surface area contributed by atoms with Crippen molar-refractivity contribution in [2.24, 2.45) is 0 Å². The average Bonchev–Trinajstić information content (AvgIpc) is 3.76. The molecular formula is C53H40N4O2+2. The molecule has 0 radical (unpaired) electrons. The number of ketones is 2. The van der Waals surface area contributed by atoms with Crippen molar-refractivity contribution >= 4 is 54.7 Å². The van der Waals surface area contributed by atoms with Crippen LogP contribution >= 0.6 is 0 Å². The van der Waals surface area contributed by atoms with Gasteiger partial charge in [-0.3, -0.25) is 9.59 Å². The van der Waals surface area contributed by atoms with Crippen molar-refractivity contribution in [3.63, 3.8) is 0 Å². The van der Waals surface area contributed by atoms with E-state index in [1.807, 2.05) is 70.9 Å². The Hall–Kier alpha value is -7.44. The molecule has 2 heterocycles. The van der Waals surface area contributed by atoms with Gasteiger partial charge in [0.1, 0.15) is 26.2 Å². The predicted molar refractivity (Wildman–Crippen MR) is 233 cm³/mol. The van der Waals surface area contributed by atoms with Crippen LogP contribution in [0.2, 0.25) is 0 Å². The van der Waals surface area contributed by atoms with E-state index in [1.165, 1.54) is 0 Å². The van der Waals surface area contributed by atoms with E-state index in [9.17, 15) is 0 Å². The molecule has 11 rings (SSSR count). The first-order valence-electron chi connectivity index (χ1n) is 20.2. The van der Waals surface area contributed by atoms with E-state index in [1.54, 1.807) is 0 Å². The first-order valence-corrected chi connectivity index (χ1v) is 20.2. The lowest BCUT2D eigenvalue weighted by Crippen LogP contribution is -2.47. The van der Waals surface area contributed by atoms with Crippen LogP contribution in [-0.2, 0) is 26.2 Å². The Morgan fingerprint density at radius 3 is 1.36 bits per heavy atom. The van der Waals surface area contributed by atoms with Crippen LogP contribution < -0.4 is 9.13 Å². The second-order valence-corrected chi connectivity index (χ2v) is 15.9. The zero-order chi connectivity index (χ0) is 39.6. The normalized spacial score (nSPS) is 12.5. The van der Waals surface area contributed by atoms with Crippen molar-refractivity contribution in [1.29, 1.82) is 0 Å². The molecule has 0 fully saturated rings. The molecule has 1 aliphatic carbocycles. The monoisotopic (exact) mass is 764 g/mol. The van der Waals surface area contributed by atoms with Gasteiger partial charge >= 0.3 is 0 Å². The maximum absolute atomic E-state index is 15.5. The van der Waals surface area contributed by atoms with Crippen molar-refractivity contribution in [2.75, 3.05) is 0 Å². The van der Waals surface area contributed by atoms with Gasteiger partial charge in [0.25, 0.3) is 17.4 Å². The minimum Gasteiger partial charge on any atom is -0.280 e. The Balaban J connectivity index is 1.09. The van der Waals surface area contributed by atoms with E-state index >= 15 is 9.59 Å². The van der Waals surface area contributed by atoms with Crippen LogP contribution in [0.5, 0.6) is 0 Å². The summed E-state index contributed by atoms with van der Waals surface area (Å²) in [5.74, 6) is 0.563. The Morgan fingerprint density at radius 2 is 0.847 bits per heavy atom. The molecule has 282 valence electrons. The lowest BCUT2D eigenvalue weighted by atomic mass is 9.97. The van der Waals surface area contributed by atoms with E-state index in [-0.39, 0.29) is 11.6 Å². The molecule has 8 aromatic carbocycles. The minimum atomic E-state index is -0.145. The van der Waals surface area contributed by atoms with Gasteiger partial charge in [-0.2, -0.15) is 0 Å². The van der Waals surface area contributed by atoms with E-state index in [2.05, 4.69) is 130 Å². The number of rotatable bonds is 8. The van der Waals surface area contributed by atoms with Gasteiger partial charge in [0, 0.05) is 6.92 Å². The third-order valence-electron chi connectivity index (χ3n) is 12.1. The van der Waals surface area contributed by atoms with Crippen LogP contribution in [0.1, 0.15) is 60.4 Å². The zero-order valence-corrected chi connectivity index (χ0v) is 32.7. The Bertz CT molecular complexity index is 3130. The predicted octanol–water partition coefficient (Wildman–Crippen LogP) is 9.75. The number of hydrogen-bond donors (Lipinski definition) is 0. The number of carbonyl (C=O) groups excluding carboxylic acids is 2. The molecule has 2 aromatic heterocycles. The smallest absolute Gasteiger partial charge is 0.280 e. The maximum Gasteiger partial charge on any atom is 0.280 e. The van der Waals surface area contributed by atoms with Gasteiger partial charge in [-0.05, 0) is 89.6 Å². The zero-order valence-electron chi connectivity index (χ0n) is 32.7. The molecule has 6 nitrogen and oxygen atoms in total. The highest BCUT2D eigenvalue weighted by Gasteiger charge is 2.50. The van der Waals surface area contributed by atoms with Gasteiger partial charge in [0.15, 0.2) is 0 Å². The van der Waals surface area contributed by atoms with Crippen LogP contribution in [0, 0.1) is 6.92 Å². The van der Waals surface area contributed by atoms with Crippen molar-refractivity contribution < 1.29 is 18.7 Å². The Morgan fingerprint density at radius 1 is 0.424 bits per heavy atom. The molecule has 0 saturated carbocycles. The maximum atomic E-state index is 15.5. The molecule has 0 bridgehead atoms. The van der Waals surface area contributed by atoms with Crippen LogP contribution in [-0.4, -0.2) is 20.7 Å². The minimum absolute atomic E-state index is 0.145. The van der Waals surface area contributed by atoms with Crippen molar-refractivity contribution in [3.05, 3.63) is 227 Å². The van der Waals surface area contributed by atoms with E-state index in [0.29, 0.717) is 49.0 Å². The van der Waals surface area contributed by atoms with Gasteiger partial charge in [0.05, 0.1) is 0 Å². The summed E-state index contributed by atoms with van der Waals surface area (Å²) in [6, 6.07) is 59.0. The van der Waals surface area contributed by atoms with Crippen LogP contribution in [0.3, 0.4) is 0 Å². The molecule has 0 spiro atoms. The quantitative estimate of drug-likeness (QED) is 0.145. The Labute approximate surface area is 341 Å². The van der Waals surface area contributed by atoms with Crippen LogP contribution in [0.4, 0.5) is 0 Å². The number of imidazole rings is 2. The fourth-order valence-electron chi connectivity index (χ4n) is 9.18. The average molecular weight is 765 g/mol. The van der Waals surface area contributed by atoms with Gasteiger partial charge in [0.2, 0.25) is 29.1 Å². The number of aromatic nitrogens is 4. The van der Waals surface area contributed by atoms with Gasteiger partial charge in [-0.15, -0.1) is 0 Å². The van der Waals surface area contributed by atoms with Crippen molar-refractivity contribution in [1.82, 2.24) is 9.13 Å². The van der Waals surface area contributed by atoms with E-state index in [0.717, 1.165) is 71.2 Å². The molecule has 0 aliphatic heterocycles. The summed E-state index contributed by atoms with van der Waals surface area (Å²) in [6.45, 7) is 3.81. The molecular weight excluding hydrogens is 725 g/mol. The highest BCUT2D eigenvalue weighted by molar-refractivity contribution is 6.24. The number of fused-ring (bicyclic) bond motifs is 6. The lowest BCUT2D eigenvalue weighted by Gasteiger charge is -2.11. The molecule has 0 atom stereocenters. The molecule has 0 amide bonds. The SMILES string of the molecule is Cc1n(Cc2ccc3ccccc3c2)c2c([n+]1Cc1ccc3ccccc3c1)C(=O)c1c(n(Cc3ccc4ccccc4c3)c[n+]1Cc1ccc3ccccc3c1)C2=O. The number of nitrogens with zero attached hydrogens (tertiary/aromatic N) is 4. The first-order chi connectivity index (χ1) is 28.9. The summed E-state index contributed by atoms with van der Waals surface area (Å²) in [5.41, 5.74) is 5.95. The summed E-state index contributed by atoms with van der Waals surface area (Å²) in [7, 11) is 0. The molecule has 59 heavy (non-hydrogen) atoms. The van der Waals surface area contributed by atoms with Gasteiger partial charge < -0.3 is 0 Å². The topological polar surface area (TPSA) is 51.8 Å². The number of carbonyl (C=O) groups is 2. The first kappa shape index (κ1) is 34.8. The largest absolute Gasteiger partial charge is 0.280 e. The summed E-state index contributed by atoms with van der Waals surface area (Å²) in [5, 5.41) is 9.17. The molecule has 6 heteroatoms. The molecule has 10 aromatic rings. The third-order valence-corrected chi connectivity index (χ3v) is 12.1. The van der Waals surface area contributed by atoms with Gasteiger partial charge in [-0.25, -0.2) is 18.3 Å². The summed E-state index contributed by atoms with van der Waals surface area (Å²) in [4.78, 5) is 31.0. The fraction of sp³-hybridized carbons (Fsp3) is 0.0943. The highest BCUT2D eigenvalue weighted by Crippen LogP contribution is 2.30. The highest BCUT2D eigenvalue weighted by atomic mass is 16.1. The summed E-state index contributed by atoms with van der Waals surface area (Å²) >= 11 is 0. The van der Waals surface area contributed by atoms with E-state index < -0.39 is 0 Å². The molecule has 1 aliphatic rings. The fourth-order valence-corrected chi connectivity index (χ4v) is 9.18. The van der Waals surface area contributed by atoms with Crippen LogP contribution in [0.25, 0.3) is 43.1 Å². The molecule has 0 unspecified atom stereocenters. The summed E-state index contributed by atoms with van der Waals surface area (Å²) < 4.78 is 8.15. The van der Waals surface area contributed by atoms with Gasteiger partial charge in [-0.1, -0.05) is 146 Å². The lowest BCUT2D eigenvalue weighted by molar-refractivity contribution is -0.700. The third kappa shape index (κ3) is 6.03. The van der Waals surface area contributed by atoms with Crippen LogP contribution in [0.15, 0.2) is 176 Å². The van der Waals surface area contributed by atoms with E-state index in [4.69, 9.17) is 0 Å². The standard InChI is InChI=1S/C53H40N4O2/c1-35-56(32-38-20-24-42-12-4-8-16-46(42)28-38)50-51(57(35)33-39-21-25-43-13-5-9-17-47(43)29-39)53(59)49-48(52(50)58)54(30-36-18-22-40-10-2-6-14-44(40)26-36)34-55(49)31-37-19-23-41-11-3-7-15-45(41)27-37/h2-29,34H,30-33H2,1H3/q+2. The van der Waals surface area contributed by atoms with Crippen molar-refractivity contribution in [3.8, 4) is 0 Å². The van der Waals surface area contributed by atoms with Crippen molar-refractivity contribution in [2.45, 2.75) is 33.1 Å². The second kappa shape index (κ2) is 13.9. The molecule has 0 saturated heterocycles. The molecule has 0 N–H and O–H groups in total. The number of hydrogen-bond acceptors (Lipinski definition) is 2. The summed E-state index contributed by atoms with van der Waals surface area (Å²) in [6.07, 6.45) is 1.98. The number of benzene rings is 8. The second-order valence-electron chi connectivity index (χ2n) is 15.9.